The van der Waals surface area contributed by atoms with Crippen LogP contribution in [0.25, 0.3) is 0 Å². The van der Waals surface area contributed by atoms with E-state index in [1.807, 2.05) is 13.8 Å². The molecule has 0 aromatic heterocycles. The van der Waals surface area contributed by atoms with Gasteiger partial charge in [0, 0.05) is 16.6 Å². The Labute approximate surface area is 130 Å². The number of rotatable bonds is 5. The van der Waals surface area contributed by atoms with Gasteiger partial charge in [0.05, 0.1) is 11.1 Å². The first-order valence-corrected chi connectivity index (χ1v) is 7.36. The monoisotopic (exact) mass is 366 g/mol. The molecule has 0 unspecified atom stereocenters. The zero-order chi connectivity index (χ0) is 16.3. The van der Waals surface area contributed by atoms with Crippen LogP contribution >= 0.6 is 15.9 Å². The number of nitrogens with two attached hydrogens (primary N) is 1. The number of carbonyl (C=O) groups excluding carboxylic acids is 1. The van der Waals surface area contributed by atoms with Gasteiger partial charge in [0.2, 0.25) is 0 Å². The number of hydrogen-bond acceptors (Lipinski definition) is 2. The molecule has 1 rings (SSSR count). The summed E-state index contributed by atoms with van der Waals surface area (Å²) in [6.45, 7) is 4.01. The molecule has 1 aromatic carbocycles. The van der Waals surface area contributed by atoms with Gasteiger partial charge < -0.3 is 11.1 Å². The second-order valence-electron chi connectivity index (χ2n) is 4.94. The number of nitrogens with one attached hydrogen (secondary N) is 1. The van der Waals surface area contributed by atoms with Crippen molar-refractivity contribution in [3.05, 3.63) is 33.8 Å². The van der Waals surface area contributed by atoms with Gasteiger partial charge in [-0.15, -0.1) is 0 Å². The Bertz CT molecular complexity index is 513. The van der Waals surface area contributed by atoms with E-state index in [2.05, 4.69) is 21.2 Å². The van der Waals surface area contributed by atoms with Crippen LogP contribution in [0.1, 0.15) is 42.6 Å². The van der Waals surface area contributed by atoms with Crippen LogP contribution in [0.2, 0.25) is 0 Å². The minimum absolute atomic E-state index is 0.0561. The lowest BCUT2D eigenvalue weighted by Crippen LogP contribution is -2.49. The van der Waals surface area contributed by atoms with Gasteiger partial charge in [0.15, 0.2) is 0 Å². The Morgan fingerprint density at radius 2 is 1.86 bits per heavy atom. The average Bonchev–Trinajstić information content (AvgIpc) is 2.43. The summed E-state index contributed by atoms with van der Waals surface area (Å²) in [5.74, 6) is -0.579. The van der Waals surface area contributed by atoms with E-state index in [-0.39, 0.29) is 12.1 Å². The second kappa shape index (κ2) is 6.79. The SMILES string of the molecule is CCC(N)(CC)CNC(=O)c1cc(C(F)(F)F)ccc1Br. The second-order valence-corrected chi connectivity index (χ2v) is 5.80. The fourth-order valence-electron chi connectivity index (χ4n) is 1.73. The van der Waals surface area contributed by atoms with E-state index in [0.717, 1.165) is 12.1 Å². The first-order chi connectivity index (χ1) is 9.63. The molecule has 0 fully saturated rings. The van der Waals surface area contributed by atoms with Gasteiger partial charge in [-0.05, 0) is 47.0 Å². The number of carbonyl (C=O) groups is 1. The lowest BCUT2D eigenvalue weighted by atomic mass is 9.94. The van der Waals surface area contributed by atoms with Crippen LogP contribution in [-0.4, -0.2) is 18.0 Å². The number of hydrogen-bond donors (Lipinski definition) is 2. The first kappa shape index (κ1) is 18.0. The van der Waals surface area contributed by atoms with Crippen LogP contribution in [0.15, 0.2) is 22.7 Å². The summed E-state index contributed by atoms with van der Waals surface area (Å²) in [5, 5.41) is 2.60. The van der Waals surface area contributed by atoms with E-state index in [1.54, 1.807) is 0 Å². The summed E-state index contributed by atoms with van der Waals surface area (Å²) in [6, 6.07) is 2.97. The van der Waals surface area contributed by atoms with Crippen molar-refractivity contribution in [3.8, 4) is 0 Å². The van der Waals surface area contributed by atoms with E-state index in [1.165, 1.54) is 6.07 Å². The van der Waals surface area contributed by atoms with Crippen LogP contribution < -0.4 is 11.1 Å². The molecule has 0 bridgehead atoms. The molecule has 0 atom stereocenters. The third-order valence-corrected chi connectivity index (χ3v) is 4.24. The predicted octanol–water partition coefficient (Wildman–Crippen LogP) is 3.72. The summed E-state index contributed by atoms with van der Waals surface area (Å²) in [7, 11) is 0. The Morgan fingerprint density at radius 3 is 2.33 bits per heavy atom. The highest BCUT2D eigenvalue weighted by atomic mass is 79.9. The fourth-order valence-corrected chi connectivity index (χ4v) is 2.15. The zero-order valence-electron chi connectivity index (χ0n) is 11.9. The standard InChI is InChI=1S/C14H18BrF3N2O/c1-3-13(19,4-2)8-20-12(21)10-7-9(14(16,17)18)5-6-11(10)15/h5-7H,3-4,8,19H2,1-2H3,(H,20,21). The van der Waals surface area contributed by atoms with Gasteiger partial charge in [-0.3, -0.25) is 4.79 Å². The van der Waals surface area contributed by atoms with Crippen LogP contribution in [0.5, 0.6) is 0 Å². The maximum absolute atomic E-state index is 12.7. The van der Waals surface area contributed by atoms with Crippen LogP contribution in [0.4, 0.5) is 13.2 Å². The predicted molar refractivity (Wildman–Crippen MR) is 79.0 cm³/mol. The van der Waals surface area contributed by atoms with Crippen molar-refractivity contribution in [2.75, 3.05) is 6.54 Å². The lowest BCUT2D eigenvalue weighted by molar-refractivity contribution is -0.137. The molecule has 0 heterocycles. The molecule has 0 aliphatic rings. The Morgan fingerprint density at radius 1 is 1.29 bits per heavy atom. The molecule has 1 aromatic rings. The Balaban J connectivity index is 2.93. The molecular formula is C14H18BrF3N2O. The van der Waals surface area contributed by atoms with Crippen molar-refractivity contribution in [1.82, 2.24) is 5.32 Å². The minimum atomic E-state index is -4.49. The smallest absolute Gasteiger partial charge is 0.350 e. The van der Waals surface area contributed by atoms with Crippen molar-refractivity contribution in [2.45, 2.75) is 38.4 Å². The number of amides is 1. The highest BCUT2D eigenvalue weighted by molar-refractivity contribution is 9.10. The fraction of sp³-hybridized carbons (Fsp3) is 0.500. The van der Waals surface area contributed by atoms with Gasteiger partial charge in [-0.25, -0.2) is 0 Å². The third-order valence-electron chi connectivity index (χ3n) is 3.55. The lowest BCUT2D eigenvalue weighted by Gasteiger charge is -2.27. The quantitative estimate of drug-likeness (QED) is 0.834. The van der Waals surface area contributed by atoms with Crippen LogP contribution in [-0.2, 0) is 6.18 Å². The largest absolute Gasteiger partial charge is 0.416 e. The third kappa shape index (κ3) is 4.71. The molecule has 3 nitrogen and oxygen atoms in total. The van der Waals surface area contributed by atoms with Gasteiger partial charge >= 0.3 is 6.18 Å². The normalized spacial score (nSPS) is 12.3. The summed E-state index contributed by atoms with van der Waals surface area (Å²) in [6.07, 6.45) is -3.17. The molecule has 21 heavy (non-hydrogen) atoms. The molecule has 3 N–H and O–H groups in total. The molecular weight excluding hydrogens is 349 g/mol. The first-order valence-electron chi connectivity index (χ1n) is 6.57. The molecule has 0 saturated heterocycles. The topological polar surface area (TPSA) is 55.1 Å². The molecule has 0 saturated carbocycles. The molecule has 0 aliphatic heterocycles. The maximum atomic E-state index is 12.7. The highest BCUT2D eigenvalue weighted by Gasteiger charge is 2.31. The maximum Gasteiger partial charge on any atom is 0.416 e. The van der Waals surface area contributed by atoms with Gasteiger partial charge in [0.25, 0.3) is 5.91 Å². The van der Waals surface area contributed by atoms with E-state index in [9.17, 15) is 18.0 Å². The van der Waals surface area contributed by atoms with Crippen molar-refractivity contribution in [1.29, 1.82) is 0 Å². The molecule has 0 radical (unpaired) electrons. The minimum Gasteiger partial charge on any atom is -0.350 e. The molecule has 0 spiro atoms. The highest BCUT2D eigenvalue weighted by Crippen LogP contribution is 2.31. The van der Waals surface area contributed by atoms with Crippen molar-refractivity contribution in [3.63, 3.8) is 0 Å². The number of benzene rings is 1. The molecule has 118 valence electrons. The summed E-state index contributed by atoms with van der Waals surface area (Å²) < 4.78 is 38.3. The van der Waals surface area contributed by atoms with E-state index >= 15 is 0 Å². The van der Waals surface area contributed by atoms with Crippen LogP contribution in [0.3, 0.4) is 0 Å². The zero-order valence-corrected chi connectivity index (χ0v) is 13.4. The Kier molecular flexibility index (Phi) is 5.81. The van der Waals surface area contributed by atoms with Gasteiger partial charge in [0.1, 0.15) is 0 Å². The van der Waals surface area contributed by atoms with Gasteiger partial charge in [-0.2, -0.15) is 13.2 Å². The van der Waals surface area contributed by atoms with E-state index in [0.29, 0.717) is 17.3 Å². The summed E-state index contributed by atoms with van der Waals surface area (Å²) in [4.78, 5) is 12.1. The average molecular weight is 367 g/mol. The number of halogens is 4. The molecule has 0 aliphatic carbocycles. The molecule has 1 amide bonds. The van der Waals surface area contributed by atoms with Crippen molar-refractivity contribution in [2.24, 2.45) is 5.73 Å². The molecule has 7 heteroatoms. The van der Waals surface area contributed by atoms with Gasteiger partial charge in [-0.1, -0.05) is 13.8 Å². The van der Waals surface area contributed by atoms with Crippen molar-refractivity contribution < 1.29 is 18.0 Å². The number of alkyl halides is 3. The van der Waals surface area contributed by atoms with Crippen LogP contribution in [0, 0.1) is 0 Å². The van der Waals surface area contributed by atoms with E-state index < -0.39 is 23.2 Å². The summed E-state index contributed by atoms with van der Waals surface area (Å²) in [5.41, 5.74) is 4.59. The van der Waals surface area contributed by atoms with E-state index in [4.69, 9.17) is 5.73 Å². The van der Waals surface area contributed by atoms with Crippen molar-refractivity contribution >= 4 is 21.8 Å². The summed E-state index contributed by atoms with van der Waals surface area (Å²) >= 11 is 3.09. The Hall–Kier alpha value is -1.08.